The molecule has 0 atom stereocenters. The molecule has 7 nitrogen and oxygen atoms in total. The van der Waals surface area contributed by atoms with Gasteiger partial charge in [0.15, 0.2) is 5.69 Å². The summed E-state index contributed by atoms with van der Waals surface area (Å²) in [5.74, 6) is -0.325. The standard InChI is InChI=1S/C28H28ClN3O4/c1-28(2,18-36-25(33)16-29)30-27(34)26-23-14-11-21(15-24(23)32(3)31-26)20-9-12-22(13-10-20)35-17-19-7-5-4-6-8-19/h4-15H,16-18H2,1-3H3,(H,30,34). The number of carbonyl (C=O) groups excluding carboxylic acids is 2. The van der Waals surface area contributed by atoms with E-state index in [1.807, 2.05) is 72.8 Å². The third-order valence-electron chi connectivity index (χ3n) is 5.66. The summed E-state index contributed by atoms with van der Waals surface area (Å²) < 4.78 is 12.6. The Balaban J connectivity index is 1.48. The highest BCUT2D eigenvalue weighted by atomic mass is 35.5. The van der Waals surface area contributed by atoms with Crippen LogP contribution in [-0.2, 0) is 23.2 Å². The summed E-state index contributed by atoms with van der Waals surface area (Å²) in [7, 11) is 1.80. The number of aryl methyl sites for hydroxylation is 1. The van der Waals surface area contributed by atoms with Gasteiger partial charge in [0.05, 0.1) is 11.1 Å². The Morgan fingerprint density at radius 2 is 1.69 bits per heavy atom. The van der Waals surface area contributed by atoms with E-state index in [0.29, 0.717) is 12.3 Å². The van der Waals surface area contributed by atoms with Crippen LogP contribution in [0.15, 0.2) is 72.8 Å². The number of alkyl halides is 1. The zero-order valence-corrected chi connectivity index (χ0v) is 21.2. The average Bonchev–Trinajstić information content (AvgIpc) is 3.22. The largest absolute Gasteiger partial charge is 0.489 e. The molecule has 0 radical (unpaired) electrons. The van der Waals surface area contributed by atoms with Gasteiger partial charge >= 0.3 is 5.97 Å². The molecule has 36 heavy (non-hydrogen) atoms. The molecule has 1 aromatic heterocycles. The highest BCUT2D eigenvalue weighted by Crippen LogP contribution is 2.28. The van der Waals surface area contributed by atoms with Crippen molar-refractivity contribution in [2.75, 3.05) is 12.5 Å². The second-order valence-electron chi connectivity index (χ2n) is 9.14. The van der Waals surface area contributed by atoms with Gasteiger partial charge in [0.2, 0.25) is 0 Å². The Kier molecular flexibility index (Phi) is 7.60. The zero-order chi connectivity index (χ0) is 25.7. The summed E-state index contributed by atoms with van der Waals surface area (Å²) in [5, 5.41) is 8.06. The Hall–Kier alpha value is -3.84. The fraction of sp³-hybridized carbons (Fsp3) is 0.250. The molecule has 1 N–H and O–H groups in total. The van der Waals surface area contributed by atoms with Crippen molar-refractivity contribution in [2.24, 2.45) is 7.05 Å². The van der Waals surface area contributed by atoms with E-state index < -0.39 is 11.5 Å². The Labute approximate surface area is 215 Å². The summed E-state index contributed by atoms with van der Waals surface area (Å²) in [4.78, 5) is 24.4. The van der Waals surface area contributed by atoms with Gasteiger partial charge in [-0.1, -0.05) is 48.5 Å². The molecular formula is C28H28ClN3O4. The molecule has 3 aromatic carbocycles. The second-order valence-corrected chi connectivity index (χ2v) is 9.40. The van der Waals surface area contributed by atoms with E-state index in [2.05, 4.69) is 10.4 Å². The molecule has 0 aliphatic rings. The number of benzene rings is 3. The Morgan fingerprint density at radius 1 is 1.00 bits per heavy atom. The Morgan fingerprint density at radius 3 is 2.39 bits per heavy atom. The highest BCUT2D eigenvalue weighted by molar-refractivity contribution is 6.26. The fourth-order valence-corrected chi connectivity index (χ4v) is 3.87. The number of ether oxygens (including phenoxy) is 2. The third-order valence-corrected chi connectivity index (χ3v) is 5.88. The molecule has 0 saturated heterocycles. The van der Waals surface area contributed by atoms with Crippen molar-refractivity contribution < 1.29 is 19.1 Å². The number of carbonyl (C=O) groups is 2. The SMILES string of the molecule is Cn1nc(C(=O)NC(C)(C)COC(=O)CCl)c2ccc(-c3ccc(OCc4ccccc4)cc3)cc21. The van der Waals surface area contributed by atoms with Gasteiger partial charge in [-0.25, -0.2) is 0 Å². The summed E-state index contributed by atoms with van der Waals surface area (Å²) in [5.41, 5.74) is 3.49. The number of halogens is 1. The number of hydrogen-bond acceptors (Lipinski definition) is 5. The van der Waals surface area contributed by atoms with E-state index >= 15 is 0 Å². The van der Waals surface area contributed by atoms with Gasteiger partial charge in [-0.3, -0.25) is 14.3 Å². The average molecular weight is 506 g/mol. The van der Waals surface area contributed by atoms with E-state index in [4.69, 9.17) is 21.1 Å². The third kappa shape index (κ3) is 6.04. The zero-order valence-electron chi connectivity index (χ0n) is 20.5. The van der Waals surface area contributed by atoms with E-state index in [1.165, 1.54) is 0 Å². The lowest BCUT2D eigenvalue weighted by Crippen LogP contribution is -2.47. The minimum Gasteiger partial charge on any atom is -0.489 e. The molecule has 1 heterocycles. The van der Waals surface area contributed by atoms with E-state index in [1.54, 1.807) is 25.6 Å². The molecule has 0 fully saturated rings. The number of nitrogens with one attached hydrogen (secondary N) is 1. The summed E-state index contributed by atoms with van der Waals surface area (Å²) in [6.07, 6.45) is 0. The van der Waals surface area contributed by atoms with Crippen molar-refractivity contribution in [1.82, 2.24) is 15.1 Å². The van der Waals surface area contributed by atoms with Crippen molar-refractivity contribution in [3.63, 3.8) is 0 Å². The Bertz CT molecular complexity index is 1370. The molecular weight excluding hydrogens is 478 g/mol. The number of rotatable bonds is 9. The number of fused-ring (bicyclic) bond motifs is 1. The van der Waals surface area contributed by atoms with Gasteiger partial charge in [-0.2, -0.15) is 5.10 Å². The fourth-order valence-electron chi connectivity index (χ4n) is 3.79. The minimum absolute atomic E-state index is 0.00423. The van der Waals surface area contributed by atoms with Gasteiger partial charge in [0.1, 0.15) is 24.8 Å². The van der Waals surface area contributed by atoms with Crippen molar-refractivity contribution >= 4 is 34.4 Å². The molecule has 0 saturated carbocycles. The molecule has 0 aliphatic carbocycles. The van der Waals surface area contributed by atoms with Gasteiger partial charge in [-0.15, -0.1) is 11.6 Å². The first-order valence-electron chi connectivity index (χ1n) is 11.5. The van der Waals surface area contributed by atoms with Crippen LogP contribution >= 0.6 is 11.6 Å². The van der Waals surface area contributed by atoms with Gasteiger partial charge in [0.25, 0.3) is 5.91 Å². The molecule has 186 valence electrons. The first-order valence-corrected chi connectivity index (χ1v) is 12.1. The van der Waals surface area contributed by atoms with Crippen LogP contribution in [0.4, 0.5) is 0 Å². The van der Waals surface area contributed by atoms with E-state index in [-0.39, 0.29) is 18.4 Å². The second kappa shape index (κ2) is 10.8. The van der Waals surface area contributed by atoms with Crippen molar-refractivity contribution in [3.05, 3.63) is 84.1 Å². The maximum absolute atomic E-state index is 13.0. The first-order chi connectivity index (χ1) is 17.3. The quantitative estimate of drug-likeness (QED) is 0.252. The van der Waals surface area contributed by atoms with Crippen LogP contribution in [-0.4, -0.2) is 39.7 Å². The van der Waals surface area contributed by atoms with Crippen LogP contribution in [0.1, 0.15) is 29.9 Å². The lowest BCUT2D eigenvalue weighted by Gasteiger charge is -2.25. The molecule has 8 heteroatoms. The molecule has 4 aromatic rings. The summed E-state index contributed by atoms with van der Waals surface area (Å²) in [6, 6.07) is 23.8. The number of amides is 1. The monoisotopic (exact) mass is 505 g/mol. The smallest absolute Gasteiger partial charge is 0.320 e. The van der Waals surface area contributed by atoms with Crippen LogP contribution in [0.5, 0.6) is 5.75 Å². The first kappa shape index (κ1) is 25.3. The molecule has 0 bridgehead atoms. The van der Waals surface area contributed by atoms with Crippen LogP contribution in [0.2, 0.25) is 0 Å². The molecule has 0 spiro atoms. The van der Waals surface area contributed by atoms with Crippen LogP contribution in [0, 0.1) is 0 Å². The maximum Gasteiger partial charge on any atom is 0.320 e. The normalized spacial score (nSPS) is 11.3. The topological polar surface area (TPSA) is 82.5 Å². The van der Waals surface area contributed by atoms with E-state index in [0.717, 1.165) is 33.3 Å². The predicted molar refractivity (Wildman–Crippen MR) is 140 cm³/mol. The van der Waals surface area contributed by atoms with Gasteiger partial charge in [0, 0.05) is 12.4 Å². The van der Waals surface area contributed by atoms with E-state index in [9.17, 15) is 9.59 Å². The van der Waals surface area contributed by atoms with Crippen molar-refractivity contribution in [3.8, 4) is 16.9 Å². The number of nitrogens with zero attached hydrogens (tertiary/aromatic N) is 2. The number of esters is 1. The summed E-state index contributed by atoms with van der Waals surface area (Å²) in [6.45, 7) is 4.05. The number of aromatic nitrogens is 2. The lowest BCUT2D eigenvalue weighted by atomic mass is 10.0. The maximum atomic E-state index is 13.0. The number of hydrogen-bond donors (Lipinski definition) is 1. The molecule has 0 unspecified atom stereocenters. The highest BCUT2D eigenvalue weighted by Gasteiger charge is 2.26. The van der Waals surface area contributed by atoms with Crippen LogP contribution < -0.4 is 10.1 Å². The van der Waals surface area contributed by atoms with Crippen LogP contribution in [0.25, 0.3) is 22.0 Å². The van der Waals surface area contributed by atoms with Crippen molar-refractivity contribution in [2.45, 2.75) is 26.0 Å². The van der Waals surface area contributed by atoms with Gasteiger partial charge < -0.3 is 14.8 Å². The molecule has 0 aliphatic heterocycles. The molecule has 1 amide bonds. The summed E-state index contributed by atoms with van der Waals surface area (Å²) >= 11 is 5.47. The van der Waals surface area contributed by atoms with Gasteiger partial charge in [-0.05, 0) is 54.8 Å². The lowest BCUT2D eigenvalue weighted by molar-refractivity contribution is -0.142. The predicted octanol–water partition coefficient (Wildman–Crippen LogP) is 5.11. The molecule has 4 rings (SSSR count). The van der Waals surface area contributed by atoms with Crippen molar-refractivity contribution in [1.29, 1.82) is 0 Å². The van der Waals surface area contributed by atoms with Crippen LogP contribution in [0.3, 0.4) is 0 Å². The minimum atomic E-state index is -0.785.